The molecule has 2 aliphatic heterocycles. The fourth-order valence-corrected chi connectivity index (χ4v) is 4.05. The van der Waals surface area contributed by atoms with Gasteiger partial charge in [0.1, 0.15) is 5.82 Å². The summed E-state index contributed by atoms with van der Waals surface area (Å²) < 4.78 is 24.4. The van der Waals surface area contributed by atoms with Crippen LogP contribution in [0.2, 0.25) is 0 Å². The van der Waals surface area contributed by atoms with Crippen LogP contribution in [-0.2, 0) is 9.47 Å². The van der Waals surface area contributed by atoms with Crippen LogP contribution in [0.3, 0.4) is 0 Å². The van der Waals surface area contributed by atoms with Gasteiger partial charge in [0, 0.05) is 35.5 Å². The minimum absolute atomic E-state index is 0.0926. The normalized spacial score (nSPS) is 30.9. The molecule has 0 bridgehead atoms. The quantitative estimate of drug-likeness (QED) is 0.848. The van der Waals surface area contributed by atoms with Crippen LogP contribution in [0.4, 0.5) is 10.1 Å². The van der Waals surface area contributed by atoms with Crippen molar-refractivity contribution in [3.05, 3.63) is 24.0 Å². The number of thioether (sulfide) groups is 1. The van der Waals surface area contributed by atoms with Crippen molar-refractivity contribution in [1.29, 1.82) is 0 Å². The van der Waals surface area contributed by atoms with E-state index < -0.39 is 0 Å². The van der Waals surface area contributed by atoms with Crippen molar-refractivity contribution in [2.45, 2.75) is 35.0 Å². The SMILES string of the molecule is Nc1cc(F)ccc1SC1CCOC2(CCOC2)C1. The third-order valence-corrected chi connectivity index (χ3v) is 5.14. The minimum Gasteiger partial charge on any atom is -0.398 e. The Morgan fingerprint density at radius 1 is 1.37 bits per heavy atom. The maximum atomic E-state index is 13.0. The van der Waals surface area contributed by atoms with Crippen LogP contribution in [0.1, 0.15) is 19.3 Å². The Morgan fingerprint density at radius 3 is 3.00 bits per heavy atom. The van der Waals surface area contributed by atoms with Gasteiger partial charge in [0.15, 0.2) is 0 Å². The molecule has 3 nitrogen and oxygen atoms in total. The van der Waals surface area contributed by atoms with Crippen molar-refractivity contribution in [3.63, 3.8) is 0 Å². The molecule has 1 aromatic carbocycles. The molecule has 2 aliphatic rings. The Labute approximate surface area is 116 Å². The van der Waals surface area contributed by atoms with Crippen molar-refractivity contribution in [3.8, 4) is 0 Å². The Balaban J connectivity index is 1.69. The van der Waals surface area contributed by atoms with E-state index in [2.05, 4.69) is 0 Å². The Morgan fingerprint density at radius 2 is 2.26 bits per heavy atom. The average Bonchev–Trinajstić information content (AvgIpc) is 2.81. The summed E-state index contributed by atoms with van der Waals surface area (Å²) in [6, 6.07) is 4.62. The van der Waals surface area contributed by atoms with Crippen LogP contribution in [-0.4, -0.2) is 30.7 Å². The third-order valence-electron chi connectivity index (χ3n) is 3.78. The van der Waals surface area contributed by atoms with Gasteiger partial charge in [-0.05, 0) is 31.0 Å². The lowest BCUT2D eigenvalue weighted by molar-refractivity contribution is -0.0769. The Kier molecular flexibility index (Phi) is 3.69. The van der Waals surface area contributed by atoms with Crippen molar-refractivity contribution < 1.29 is 13.9 Å². The molecule has 2 atom stereocenters. The highest BCUT2D eigenvalue weighted by Crippen LogP contribution is 2.41. The highest BCUT2D eigenvalue weighted by atomic mass is 32.2. The summed E-state index contributed by atoms with van der Waals surface area (Å²) >= 11 is 1.73. The summed E-state index contributed by atoms with van der Waals surface area (Å²) in [5, 5.41) is 0.461. The first-order valence-electron chi connectivity index (χ1n) is 6.60. The van der Waals surface area contributed by atoms with Crippen LogP contribution in [0.5, 0.6) is 0 Å². The molecule has 2 fully saturated rings. The standard InChI is InChI=1S/C14H18FNO2S/c15-10-1-2-13(12(16)7-10)19-11-3-5-18-14(8-11)4-6-17-9-14/h1-2,7,11H,3-6,8-9,16H2. The molecule has 0 aromatic heterocycles. The first-order valence-corrected chi connectivity index (χ1v) is 7.48. The molecule has 3 rings (SSSR count). The van der Waals surface area contributed by atoms with Crippen molar-refractivity contribution >= 4 is 17.4 Å². The lowest BCUT2D eigenvalue weighted by Gasteiger charge is -2.36. The second kappa shape index (κ2) is 5.31. The summed E-state index contributed by atoms with van der Waals surface area (Å²) in [5.41, 5.74) is 6.30. The molecule has 1 spiro atoms. The van der Waals surface area contributed by atoms with Gasteiger partial charge in [0.2, 0.25) is 0 Å². The van der Waals surface area contributed by atoms with Gasteiger partial charge < -0.3 is 15.2 Å². The summed E-state index contributed by atoms with van der Waals surface area (Å²) in [7, 11) is 0. The van der Waals surface area contributed by atoms with Crippen LogP contribution in [0, 0.1) is 5.82 Å². The molecule has 104 valence electrons. The first-order chi connectivity index (χ1) is 9.17. The van der Waals surface area contributed by atoms with Gasteiger partial charge in [0.05, 0.1) is 12.2 Å². The fourth-order valence-electron chi connectivity index (χ4n) is 2.75. The van der Waals surface area contributed by atoms with Crippen LogP contribution < -0.4 is 5.73 Å². The number of ether oxygens (including phenoxy) is 2. The molecule has 5 heteroatoms. The summed E-state index contributed by atoms with van der Waals surface area (Å²) in [5.74, 6) is -0.283. The van der Waals surface area contributed by atoms with Crippen molar-refractivity contribution in [1.82, 2.24) is 0 Å². The van der Waals surface area contributed by atoms with Gasteiger partial charge in [-0.15, -0.1) is 11.8 Å². The van der Waals surface area contributed by atoms with Gasteiger partial charge in [-0.3, -0.25) is 0 Å². The lowest BCUT2D eigenvalue weighted by atomic mass is 9.93. The van der Waals surface area contributed by atoms with E-state index >= 15 is 0 Å². The van der Waals surface area contributed by atoms with Crippen molar-refractivity contribution in [2.24, 2.45) is 0 Å². The zero-order chi connectivity index (χ0) is 13.3. The smallest absolute Gasteiger partial charge is 0.125 e. The lowest BCUT2D eigenvalue weighted by Crippen LogP contribution is -2.41. The number of nitrogen functional groups attached to an aromatic ring is 1. The molecule has 0 amide bonds. The zero-order valence-electron chi connectivity index (χ0n) is 10.7. The zero-order valence-corrected chi connectivity index (χ0v) is 11.5. The van der Waals surface area contributed by atoms with Gasteiger partial charge in [0.25, 0.3) is 0 Å². The average molecular weight is 283 g/mol. The number of anilines is 1. The molecule has 2 heterocycles. The van der Waals surface area contributed by atoms with Crippen LogP contribution in [0.15, 0.2) is 23.1 Å². The fraction of sp³-hybridized carbons (Fsp3) is 0.571. The summed E-state index contributed by atoms with van der Waals surface area (Å²) in [6.45, 7) is 2.25. The molecule has 2 N–H and O–H groups in total. The van der Waals surface area contributed by atoms with E-state index in [1.165, 1.54) is 12.1 Å². The molecular weight excluding hydrogens is 265 g/mol. The van der Waals surface area contributed by atoms with Gasteiger partial charge >= 0.3 is 0 Å². The summed E-state index contributed by atoms with van der Waals surface area (Å²) in [4.78, 5) is 0.961. The van der Waals surface area contributed by atoms with E-state index in [9.17, 15) is 4.39 Å². The maximum absolute atomic E-state index is 13.0. The van der Waals surface area contributed by atoms with Gasteiger partial charge in [-0.1, -0.05) is 0 Å². The second-order valence-electron chi connectivity index (χ2n) is 5.25. The molecule has 0 aliphatic carbocycles. The molecule has 19 heavy (non-hydrogen) atoms. The highest BCUT2D eigenvalue weighted by Gasteiger charge is 2.41. The predicted octanol–water partition coefficient (Wildman–Crippen LogP) is 2.84. The van der Waals surface area contributed by atoms with E-state index in [1.807, 2.05) is 0 Å². The number of hydrogen-bond donors (Lipinski definition) is 1. The maximum Gasteiger partial charge on any atom is 0.125 e. The highest BCUT2D eigenvalue weighted by molar-refractivity contribution is 8.00. The Bertz CT molecular complexity index is 463. The largest absolute Gasteiger partial charge is 0.398 e. The number of rotatable bonds is 2. The molecule has 2 unspecified atom stereocenters. The van der Waals surface area contributed by atoms with E-state index in [0.29, 0.717) is 17.5 Å². The molecule has 0 radical (unpaired) electrons. The van der Waals surface area contributed by atoms with Crippen molar-refractivity contribution in [2.75, 3.05) is 25.6 Å². The number of benzene rings is 1. The number of nitrogens with two attached hydrogens (primary N) is 1. The monoisotopic (exact) mass is 283 g/mol. The third kappa shape index (κ3) is 2.88. The topological polar surface area (TPSA) is 44.5 Å². The number of hydrogen-bond acceptors (Lipinski definition) is 4. The predicted molar refractivity (Wildman–Crippen MR) is 73.8 cm³/mol. The van der Waals surface area contributed by atoms with Gasteiger partial charge in [-0.25, -0.2) is 4.39 Å². The molecular formula is C14H18FNO2S. The van der Waals surface area contributed by atoms with Gasteiger partial charge in [-0.2, -0.15) is 0 Å². The molecule has 1 aromatic rings. The Hall–Kier alpha value is -0.780. The van der Waals surface area contributed by atoms with E-state index in [0.717, 1.165) is 37.4 Å². The second-order valence-corrected chi connectivity index (χ2v) is 6.59. The van der Waals surface area contributed by atoms with E-state index in [-0.39, 0.29) is 11.4 Å². The van der Waals surface area contributed by atoms with E-state index in [4.69, 9.17) is 15.2 Å². The molecule has 0 saturated carbocycles. The van der Waals surface area contributed by atoms with Crippen LogP contribution in [0.25, 0.3) is 0 Å². The van der Waals surface area contributed by atoms with E-state index in [1.54, 1.807) is 17.8 Å². The summed E-state index contributed by atoms with van der Waals surface area (Å²) in [6.07, 6.45) is 2.96. The number of halogens is 1. The molecule has 2 saturated heterocycles. The first kappa shape index (κ1) is 13.2. The minimum atomic E-state index is -0.283. The van der Waals surface area contributed by atoms with Crippen LogP contribution >= 0.6 is 11.8 Å².